The molecule has 0 saturated carbocycles. The second kappa shape index (κ2) is 7.39. The van der Waals surface area contributed by atoms with Crippen molar-refractivity contribution in [2.24, 2.45) is 0 Å². The number of carbonyl (C=O) groups is 1. The number of amides is 1. The topological polar surface area (TPSA) is 76.2 Å². The Labute approximate surface area is 135 Å². The molecule has 2 atom stereocenters. The quantitative estimate of drug-likeness (QED) is 0.885. The van der Waals surface area contributed by atoms with Crippen LogP contribution in [0.1, 0.15) is 23.7 Å². The van der Waals surface area contributed by atoms with Crippen molar-refractivity contribution < 1.29 is 14.3 Å². The summed E-state index contributed by atoms with van der Waals surface area (Å²) in [6, 6.07) is 9.34. The van der Waals surface area contributed by atoms with Crippen molar-refractivity contribution in [3.05, 3.63) is 42.1 Å². The zero-order valence-electron chi connectivity index (χ0n) is 13.1. The van der Waals surface area contributed by atoms with Gasteiger partial charge in [-0.15, -0.1) is 0 Å². The highest BCUT2D eigenvalue weighted by molar-refractivity contribution is 5.94. The number of hydrogen-bond donors (Lipinski definition) is 2. The van der Waals surface area contributed by atoms with Crippen LogP contribution >= 0.6 is 0 Å². The molecule has 0 radical (unpaired) electrons. The van der Waals surface area contributed by atoms with Gasteiger partial charge in [0.25, 0.3) is 5.91 Å². The summed E-state index contributed by atoms with van der Waals surface area (Å²) in [5.74, 6) is -0.0854. The van der Waals surface area contributed by atoms with Gasteiger partial charge in [-0.25, -0.2) is 0 Å². The van der Waals surface area contributed by atoms with E-state index in [4.69, 9.17) is 9.47 Å². The summed E-state index contributed by atoms with van der Waals surface area (Å²) in [4.78, 5) is 12.4. The van der Waals surface area contributed by atoms with Crippen LogP contribution in [-0.4, -0.2) is 48.1 Å². The van der Waals surface area contributed by atoms with Crippen LogP contribution in [-0.2, 0) is 9.47 Å². The third kappa shape index (κ3) is 3.78. The van der Waals surface area contributed by atoms with Gasteiger partial charge in [-0.3, -0.25) is 9.89 Å². The third-order valence-electron chi connectivity index (χ3n) is 3.96. The number of hydrogen-bond acceptors (Lipinski definition) is 4. The summed E-state index contributed by atoms with van der Waals surface area (Å²) in [7, 11) is 0. The fourth-order valence-electron chi connectivity index (χ4n) is 2.72. The van der Waals surface area contributed by atoms with Crippen LogP contribution in [0, 0.1) is 0 Å². The summed E-state index contributed by atoms with van der Waals surface area (Å²) in [5, 5.41) is 9.90. The lowest BCUT2D eigenvalue weighted by Crippen LogP contribution is -2.50. The first-order valence-corrected chi connectivity index (χ1v) is 7.88. The Morgan fingerprint density at radius 1 is 1.39 bits per heavy atom. The lowest BCUT2D eigenvalue weighted by Gasteiger charge is -2.31. The zero-order chi connectivity index (χ0) is 16.1. The summed E-state index contributed by atoms with van der Waals surface area (Å²) in [6.45, 7) is 3.73. The molecule has 2 heterocycles. The van der Waals surface area contributed by atoms with Crippen molar-refractivity contribution in [1.82, 2.24) is 15.5 Å². The number of rotatable bonds is 5. The van der Waals surface area contributed by atoms with E-state index in [1.165, 1.54) is 0 Å². The van der Waals surface area contributed by atoms with Gasteiger partial charge in [-0.2, -0.15) is 5.10 Å². The Morgan fingerprint density at radius 3 is 2.91 bits per heavy atom. The smallest absolute Gasteiger partial charge is 0.251 e. The van der Waals surface area contributed by atoms with E-state index < -0.39 is 0 Å². The van der Waals surface area contributed by atoms with Gasteiger partial charge >= 0.3 is 0 Å². The second-order valence-electron chi connectivity index (χ2n) is 5.49. The lowest BCUT2D eigenvalue weighted by molar-refractivity contribution is -0.0632. The molecule has 1 aliphatic rings. The fourth-order valence-corrected chi connectivity index (χ4v) is 2.72. The van der Waals surface area contributed by atoms with E-state index in [0.29, 0.717) is 25.4 Å². The number of carbonyl (C=O) groups excluding carboxylic acids is 1. The average molecular weight is 315 g/mol. The third-order valence-corrected chi connectivity index (χ3v) is 3.96. The first-order chi connectivity index (χ1) is 11.3. The van der Waals surface area contributed by atoms with E-state index >= 15 is 0 Å². The van der Waals surface area contributed by atoms with E-state index in [9.17, 15) is 4.79 Å². The minimum absolute atomic E-state index is 0.0107. The molecular weight excluding hydrogens is 294 g/mol. The Morgan fingerprint density at radius 2 is 2.22 bits per heavy atom. The first kappa shape index (κ1) is 15.7. The lowest BCUT2D eigenvalue weighted by atomic mass is 10.0. The van der Waals surface area contributed by atoms with E-state index in [0.717, 1.165) is 17.7 Å². The van der Waals surface area contributed by atoms with Gasteiger partial charge in [0.15, 0.2) is 0 Å². The maximum atomic E-state index is 12.4. The molecule has 0 bridgehead atoms. The average Bonchev–Trinajstić information content (AvgIpc) is 3.11. The van der Waals surface area contributed by atoms with Gasteiger partial charge in [0, 0.05) is 25.0 Å². The molecule has 6 nitrogen and oxygen atoms in total. The number of ether oxygens (including phenoxy) is 2. The Balaban J connectivity index is 1.65. The first-order valence-electron chi connectivity index (χ1n) is 7.88. The number of nitrogens with one attached hydrogen (secondary N) is 2. The van der Waals surface area contributed by atoms with E-state index in [2.05, 4.69) is 15.5 Å². The van der Waals surface area contributed by atoms with Gasteiger partial charge in [0.05, 0.1) is 18.3 Å². The fraction of sp³-hybridized carbons (Fsp3) is 0.412. The minimum atomic E-state index is -0.0854. The number of benzene rings is 1. The highest BCUT2D eigenvalue weighted by Crippen LogP contribution is 2.17. The van der Waals surface area contributed by atoms with Gasteiger partial charge in [-0.1, -0.05) is 12.1 Å². The molecule has 1 aliphatic heterocycles. The molecule has 0 aliphatic carbocycles. The molecule has 1 saturated heterocycles. The highest BCUT2D eigenvalue weighted by Gasteiger charge is 2.27. The number of H-pyrrole nitrogens is 1. The highest BCUT2D eigenvalue weighted by atomic mass is 16.5. The molecule has 6 heteroatoms. The van der Waals surface area contributed by atoms with Crippen LogP contribution in [0.15, 0.2) is 36.5 Å². The number of nitrogens with zero attached hydrogens (tertiary/aromatic N) is 1. The maximum absolute atomic E-state index is 12.4. The summed E-state index contributed by atoms with van der Waals surface area (Å²) < 4.78 is 11.1. The van der Waals surface area contributed by atoms with Crippen LogP contribution in [0.5, 0.6) is 0 Å². The van der Waals surface area contributed by atoms with E-state index in [1.54, 1.807) is 6.20 Å². The molecule has 1 amide bonds. The molecule has 23 heavy (non-hydrogen) atoms. The number of aromatic amines is 1. The maximum Gasteiger partial charge on any atom is 0.251 e. The molecular formula is C17H21N3O3. The molecule has 122 valence electrons. The van der Waals surface area contributed by atoms with Crippen molar-refractivity contribution in [1.29, 1.82) is 0 Å². The molecule has 2 aromatic rings. The largest absolute Gasteiger partial charge is 0.379 e. The predicted octanol–water partition coefficient (Wildman–Crippen LogP) is 2.00. The second-order valence-corrected chi connectivity index (χ2v) is 5.49. The summed E-state index contributed by atoms with van der Waals surface area (Å²) >= 11 is 0. The van der Waals surface area contributed by atoms with Crippen LogP contribution in [0.25, 0.3) is 11.3 Å². The van der Waals surface area contributed by atoms with Crippen molar-refractivity contribution in [3.63, 3.8) is 0 Å². The van der Waals surface area contributed by atoms with Gasteiger partial charge in [0.1, 0.15) is 6.10 Å². The van der Waals surface area contributed by atoms with Gasteiger partial charge < -0.3 is 14.8 Å². The van der Waals surface area contributed by atoms with E-state index in [1.807, 2.05) is 37.3 Å². The number of aromatic nitrogens is 2. The minimum Gasteiger partial charge on any atom is -0.379 e. The predicted molar refractivity (Wildman–Crippen MR) is 86.1 cm³/mol. The van der Waals surface area contributed by atoms with Crippen LogP contribution in [0.4, 0.5) is 0 Å². The van der Waals surface area contributed by atoms with E-state index in [-0.39, 0.29) is 18.1 Å². The molecule has 3 rings (SSSR count). The Bertz CT molecular complexity index is 623. The molecule has 1 fully saturated rings. The monoisotopic (exact) mass is 315 g/mol. The summed E-state index contributed by atoms with van der Waals surface area (Å²) in [6.07, 6.45) is 2.39. The molecule has 2 N–H and O–H groups in total. The molecule has 1 aromatic carbocycles. The SMILES string of the molecule is CCO[C@@H]1COCC[C@H]1NC(=O)c1ccc(-c2ccn[nH]2)cc1. The van der Waals surface area contributed by atoms with Crippen molar-refractivity contribution >= 4 is 5.91 Å². The standard InChI is InChI=1S/C17H21N3O3/c1-2-23-16-11-22-10-8-15(16)19-17(21)13-5-3-12(4-6-13)14-7-9-18-20-14/h3-7,9,15-16H,2,8,10-11H2,1H3,(H,18,20)(H,19,21)/t15-,16-/m1/s1. The van der Waals surface area contributed by atoms with Crippen LogP contribution in [0.3, 0.4) is 0 Å². The van der Waals surface area contributed by atoms with Crippen molar-refractivity contribution in [3.8, 4) is 11.3 Å². The van der Waals surface area contributed by atoms with Crippen LogP contribution in [0.2, 0.25) is 0 Å². The molecule has 0 unspecified atom stereocenters. The Hall–Kier alpha value is -2.18. The van der Waals surface area contributed by atoms with Crippen LogP contribution < -0.4 is 5.32 Å². The summed E-state index contributed by atoms with van der Waals surface area (Å²) in [5.41, 5.74) is 2.56. The van der Waals surface area contributed by atoms with Gasteiger partial charge in [-0.05, 0) is 37.1 Å². The van der Waals surface area contributed by atoms with Crippen molar-refractivity contribution in [2.75, 3.05) is 19.8 Å². The Kier molecular flexibility index (Phi) is 5.05. The normalized spacial score (nSPS) is 21.1. The molecule has 0 spiro atoms. The zero-order valence-corrected chi connectivity index (χ0v) is 13.1. The molecule has 1 aromatic heterocycles. The van der Waals surface area contributed by atoms with Gasteiger partial charge in [0.2, 0.25) is 0 Å². The van der Waals surface area contributed by atoms with Crippen molar-refractivity contribution in [2.45, 2.75) is 25.5 Å².